The molecule has 2 aliphatic heterocycles. The molecule has 1 aromatic rings. The number of nitrogens with zero attached hydrogens (tertiary/aromatic N) is 1. The summed E-state index contributed by atoms with van der Waals surface area (Å²) in [7, 11) is -2.19. The fourth-order valence-electron chi connectivity index (χ4n) is 3.56. The van der Waals surface area contributed by atoms with E-state index in [0.29, 0.717) is 31.4 Å². The second kappa shape index (κ2) is 5.31. The maximum atomic E-state index is 13.1. The van der Waals surface area contributed by atoms with Gasteiger partial charge in [-0.25, -0.2) is 13.9 Å². The number of amides is 2. The number of hydroxylamine groups is 1. The van der Waals surface area contributed by atoms with Crippen molar-refractivity contribution in [1.82, 2.24) is 10.4 Å². The maximum absolute atomic E-state index is 13.1. The van der Waals surface area contributed by atoms with Gasteiger partial charge in [-0.1, -0.05) is 0 Å². The smallest absolute Gasteiger partial charge is 0.274 e. The van der Waals surface area contributed by atoms with Crippen LogP contribution in [0.2, 0.25) is 0 Å². The topological polar surface area (TPSA) is 104 Å². The summed E-state index contributed by atoms with van der Waals surface area (Å²) in [5.74, 6) is -1.04. The average Bonchev–Trinajstić information content (AvgIpc) is 2.54. The number of nitrogens with one attached hydrogen (secondary N) is 1. The van der Waals surface area contributed by atoms with Crippen LogP contribution in [-0.4, -0.2) is 48.7 Å². The molecule has 0 aliphatic carbocycles. The zero-order valence-electron chi connectivity index (χ0n) is 12.7. The molecular formula is C15H18N2O5S. The molecule has 2 aliphatic rings. The second-order valence-corrected chi connectivity index (χ2v) is 8.32. The first kappa shape index (κ1) is 15.9. The van der Waals surface area contributed by atoms with E-state index in [0.717, 1.165) is 0 Å². The highest BCUT2D eigenvalue weighted by atomic mass is 32.2. The molecule has 3 rings (SSSR count). The third-order valence-corrected chi connectivity index (χ3v) is 7.43. The van der Waals surface area contributed by atoms with Crippen LogP contribution in [0.3, 0.4) is 0 Å². The maximum Gasteiger partial charge on any atom is 0.274 e. The number of carbonyl (C=O) groups is 2. The standard InChI is InChI=1S/C15H18N2O5S/c1-17-8-2-6-15(14(17)19)7-5-10-9-11(13(18)16-20)3-4-12(10)23(15,21)22/h3-4,9,20H,2,5-8H2,1H3,(H,16,18). The van der Waals surface area contributed by atoms with Crippen molar-refractivity contribution in [3.63, 3.8) is 0 Å². The molecule has 1 spiro atoms. The van der Waals surface area contributed by atoms with E-state index in [1.807, 2.05) is 0 Å². The number of piperidine rings is 1. The van der Waals surface area contributed by atoms with Gasteiger partial charge in [-0.05, 0) is 49.4 Å². The lowest BCUT2D eigenvalue weighted by Crippen LogP contribution is -2.58. The number of likely N-dealkylation sites (tertiary alicyclic amines) is 1. The molecule has 0 aromatic heterocycles. The molecule has 124 valence electrons. The normalized spacial score (nSPS) is 26.0. The van der Waals surface area contributed by atoms with Gasteiger partial charge in [0.2, 0.25) is 5.91 Å². The first-order valence-corrected chi connectivity index (χ1v) is 8.89. The number of rotatable bonds is 1. The highest BCUT2D eigenvalue weighted by Gasteiger charge is 2.55. The summed E-state index contributed by atoms with van der Waals surface area (Å²) in [6.45, 7) is 0.568. The lowest BCUT2D eigenvalue weighted by molar-refractivity contribution is -0.135. The van der Waals surface area contributed by atoms with Crippen molar-refractivity contribution < 1.29 is 23.2 Å². The molecule has 2 amide bonds. The number of hydrogen-bond donors (Lipinski definition) is 2. The summed E-state index contributed by atoms with van der Waals surface area (Å²) in [5.41, 5.74) is 2.23. The molecule has 8 heteroatoms. The molecule has 1 unspecified atom stereocenters. The predicted molar refractivity (Wildman–Crippen MR) is 80.8 cm³/mol. The molecular weight excluding hydrogens is 320 g/mol. The zero-order chi connectivity index (χ0) is 16.8. The van der Waals surface area contributed by atoms with E-state index in [9.17, 15) is 18.0 Å². The van der Waals surface area contributed by atoms with Crippen molar-refractivity contribution in [3.05, 3.63) is 29.3 Å². The van der Waals surface area contributed by atoms with Gasteiger partial charge < -0.3 is 4.90 Å². The first-order chi connectivity index (χ1) is 10.8. The summed E-state index contributed by atoms with van der Waals surface area (Å²) in [6.07, 6.45) is 1.61. The van der Waals surface area contributed by atoms with E-state index in [2.05, 4.69) is 0 Å². The number of carbonyl (C=O) groups excluding carboxylic acids is 2. The van der Waals surface area contributed by atoms with E-state index < -0.39 is 20.5 Å². The molecule has 0 saturated carbocycles. The van der Waals surface area contributed by atoms with Gasteiger partial charge in [-0.2, -0.15) is 0 Å². The van der Waals surface area contributed by atoms with Crippen LogP contribution < -0.4 is 5.48 Å². The van der Waals surface area contributed by atoms with Crippen LogP contribution in [-0.2, 0) is 21.1 Å². The molecule has 0 radical (unpaired) electrons. The van der Waals surface area contributed by atoms with Crippen molar-refractivity contribution >= 4 is 21.7 Å². The Balaban J connectivity index is 2.11. The van der Waals surface area contributed by atoms with Crippen LogP contribution in [0.1, 0.15) is 35.2 Å². The minimum atomic E-state index is -3.82. The van der Waals surface area contributed by atoms with Crippen LogP contribution in [0.4, 0.5) is 0 Å². The first-order valence-electron chi connectivity index (χ1n) is 7.41. The fourth-order valence-corrected chi connectivity index (χ4v) is 5.91. The highest BCUT2D eigenvalue weighted by Crippen LogP contribution is 2.43. The summed E-state index contributed by atoms with van der Waals surface area (Å²) < 4.78 is 24.8. The van der Waals surface area contributed by atoms with Gasteiger partial charge in [0.25, 0.3) is 5.91 Å². The van der Waals surface area contributed by atoms with Crippen molar-refractivity contribution in [1.29, 1.82) is 0 Å². The van der Waals surface area contributed by atoms with Crippen molar-refractivity contribution in [2.75, 3.05) is 13.6 Å². The third-order valence-electron chi connectivity index (χ3n) is 4.84. The van der Waals surface area contributed by atoms with Crippen molar-refractivity contribution in [3.8, 4) is 0 Å². The largest absolute Gasteiger partial charge is 0.344 e. The Kier molecular flexibility index (Phi) is 3.68. The lowest BCUT2D eigenvalue weighted by atomic mass is 9.89. The minimum absolute atomic E-state index is 0.113. The number of sulfone groups is 1. The second-order valence-electron chi connectivity index (χ2n) is 6.09. The van der Waals surface area contributed by atoms with E-state index >= 15 is 0 Å². The van der Waals surface area contributed by atoms with Gasteiger partial charge in [-0.3, -0.25) is 14.8 Å². The number of hydrogen-bond acceptors (Lipinski definition) is 5. The number of aryl methyl sites for hydroxylation is 1. The van der Waals surface area contributed by atoms with Crippen LogP contribution in [0.25, 0.3) is 0 Å². The monoisotopic (exact) mass is 338 g/mol. The van der Waals surface area contributed by atoms with Crippen LogP contribution >= 0.6 is 0 Å². The summed E-state index contributed by atoms with van der Waals surface area (Å²) >= 11 is 0. The molecule has 23 heavy (non-hydrogen) atoms. The summed E-state index contributed by atoms with van der Waals surface area (Å²) in [6, 6.07) is 4.17. The van der Waals surface area contributed by atoms with E-state index in [1.165, 1.54) is 28.6 Å². The summed E-state index contributed by atoms with van der Waals surface area (Å²) in [4.78, 5) is 25.7. The average molecular weight is 338 g/mol. The highest BCUT2D eigenvalue weighted by molar-refractivity contribution is 7.93. The third kappa shape index (κ3) is 2.16. The van der Waals surface area contributed by atoms with E-state index in [-0.39, 0.29) is 22.8 Å². The van der Waals surface area contributed by atoms with Gasteiger partial charge in [0.15, 0.2) is 14.6 Å². The van der Waals surface area contributed by atoms with Gasteiger partial charge in [-0.15, -0.1) is 0 Å². The predicted octanol–water partition coefficient (Wildman–Crippen LogP) is 0.517. The lowest BCUT2D eigenvalue weighted by Gasteiger charge is -2.42. The number of fused-ring (bicyclic) bond motifs is 1. The Bertz CT molecular complexity index is 789. The van der Waals surface area contributed by atoms with Crippen LogP contribution in [0.5, 0.6) is 0 Å². The molecule has 0 bridgehead atoms. The van der Waals surface area contributed by atoms with E-state index in [1.54, 1.807) is 7.05 Å². The van der Waals surface area contributed by atoms with Gasteiger partial charge >= 0.3 is 0 Å². The number of benzene rings is 1. The quantitative estimate of drug-likeness (QED) is 0.574. The van der Waals surface area contributed by atoms with Gasteiger partial charge in [0.05, 0.1) is 4.90 Å². The van der Waals surface area contributed by atoms with Crippen molar-refractivity contribution in [2.45, 2.75) is 35.3 Å². The SMILES string of the molecule is CN1CCCC2(CCc3cc(C(=O)NO)ccc3S2(=O)=O)C1=O. The van der Waals surface area contributed by atoms with E-state index in [4.69, 9.17) is 5.21 Å². The van der Waals surface area contributed by atoms with Crippen molar-refractivity contribution in [2.24, 2.45) is 0 Å². The molecule has 7 nitrogen and oxygen atoms in total. The summed E-state index contributed by atoms with van der Waals surface area (Å²) in [5, 5.41) is 8.69. The Morgan fingerprint density at radius 3 is 2.78 bits per heavy atom. The van der Waals surface area contributed by atoms with Gasteiger partial charge in [0, 0.05) is 19.2 Å². The van der Waals surface area contributed by atoms with Crippen LogP contribution in [0.15, 0.2) is 23.1 Å². The zero-order valence-corrected chi connectivity index (χ0v) is 13.5. The molecule has 2 N–H and O–H groups in total. The molecule has 1 aromatic carbocycles. The fraction of sp³-hybridized carbons (Fsp3) is 0.467. The Hall–Kier alpha value is -1.93. The Labute approximate surface area is 134 Å². The van der Waals surface area contributed by atoms with Crippen LogP contribution in [0, 0.1) is 0 Å². The Morgan fingerprint density at radius 1 is 1.35 bits per heavy atom. The Morgan fingerprint density at radius 2 is 2.09 bits per heavy atom. The molecule has 1 saturated heterocycles. The molecule has 2 heterocycles. The molecule has 1 atom stereocenters. The molecule has 1 fully saturated rings. The minimum Gasteiger partial charge on any atom is -0.344 e. The van der Waals surface area contributed by atoms with Gasteiger partial charge in [0.1, 0.15) is 0 Å².